The molecule has 5 nitrogen and oxygen atoms in total. The largest absolute Gasteiger partial charge is 0.489 e. The molecule has 0 spiro atoms. The predicted octanol–water partition coefficient (Wildman–Crippen LogP) is 6.25. The Morgan fingerprint density at radius 1 is 0.525 bits per heavy atom. The van der Waals surface area contributed by atoms with Crippen LogP contribution in [-0.4, -0.2) is 31.7 Å². The number of rotatable bonds is 5. The van der Waals surface area contributed by atoms with Crippen LogP contribution < -0.4 is 5.46 Å². The maximum Gasteiger partial charge on any atom is 0.489 e. The van der Waals surface area contributed by atoms with Gasteiger partial charge in [0.25, 0.3) is 0 Å². The average Bonchev–Trinajstić information content (AvgIpc) is 3.36. The fourth-order valence-electron chi connectivity index (χ4n) is 5.39. The Bertz CT molecular complexity index is 1910. The lowest BCUT2D eigenvalue weighted by molar-refractivity contribution is 0.426. The van der Waals surface area contributed by atoms with E-state index < -0.39 is 7.12 Å². The lowest BCUT2D eigenvalue weighted by atomic mass is 9.77. The third-order valence-electron chi connectivity index (χ3n) is 7.26. The molecule has 40 heavy (non-hydrogen) atoms. The first-order valence-corrected chi connectivity index (χ1v) is 13.2. The zero-order valence-corrected chi connectivity index (χ0v) is 21.5. The van der Waals surface area contributed by atoms with Gasteiger partial charge in [0.05, 0.1) is 22.4 Å². The molecule has 0 amide bonds. The summed E-state index contributed by atoms with van der Waals surface area (Å²) in [4.78, 5) is 9.90. The van der Waals surface area contributed by atoms with Crippen LogP contribution in [0.3, 0.4) is 0 Å². The van der Waals surface area contributed by atoms with Gasteiger partial charge in [-0.1, -0.05) is 91.0 Å². The Balaban J connectivity index is 1.37. The molecule has 7 rings (SSSR count). The molecule has 0 aliphatic heterocycles. The molecule has 0 saturated heterocycles. The molecule has 190 valence electrons. The first kappa shape index (κ1) is 24.0. The van der Waals surface area contributed by atoms with E-state index in [1.165, 1.54) is 0 Å². The van der Waals surface area contributed by atoms with Crippen molar-refractivity contribution in [3.8, 4) is 39.6 Å². The summed E-state index contributed by atoms with van der Waals surface area (Å²) in [5.74, 6) is 0.652. The van der Waals surface area contributed by atoms with Gasteiger partial charge in [-0.3, -0.25) is 0 Å². The van der Waals surface area contributed by atoms with E-state index in [4.69, 9.17) is 9.97 Å². The molecule has 2 N–H and O–H groups in total. The summed E-state index contributed by atoms with van der Waals surface area (Å²) < 4.78 is 2.15. The minimum absolute atomic E-state index is 0.489. The van der Waals surface area contributed by atoms with E-state index in [2.05, 4.69) is 47.0 Å². The third-order valence-corrected chi connectivity index (χ3v) is 7.26. The Labute approximate surface area is 231 Å². The Morgan fingerprint density at radius 2 is 1.10 bits per heavy atom. The standard InChI is InChI=1S/C34H24BN3O2/c39-35(40)28-15-9-17-32-33(28)27-14-7-8-16-31(27)38(32)26-20-18-25(19-21-26)34-36-29(23-10-3-1-4-11-23)22-30(37-34)24-12-5-2-6-13-24/h1-22,39-40H. The summed E-state index contributed by atoms with van der Waals surface area (Å²) >= 11 is 0. The minimum atomic E-state index is -1.56. The van der Waals surface area contributed by atoms with Crippen molar-refractivity contribution >= 4 is 34.4 Å². The minimum Gasteiger partial charge on any atom is -0.423 e. The first-order chi connectivity index (χ1) is 19.7. The molecular weight excluding hydrogens is 493 g/mol. The second-order valence-corrected chi connectivity index (χ2v) is 9.71. The van der Waals surface area contributed by atoms with Gasteiger partial charge in [-0.25, -0.2) is 9.97 Å². The van der Waals surface area contributed by atoms with Gasteiger partial charge in [0.1, 0.15) is 0 Å². The molecule has 6 heteroatoms. The van der Waals surface area contributed by atoms with Gasteiger partial charge in [-0.15, -0.1) is 0 Å². The van der Waals surface area contributed by atoms with Crippen LogP contribution in [0.15, 0.2) is 133 Å². The van der Waals surface area contributed by atoms with Crippen LogP contribution in [0, 0.1) is 0 Å². The summed E-state index contributed by atoms with van der Waals surface area (Å²) in [6.07, 6.45) is 0. The van der Waals surface area contributed by atoms with Crippen molar-refractivity contribution in [3.05, 3.63) is 133 Å². The average molecular weight is 517 g/mol. The molecular formula is C34H24BN3O2. The van der Waals surface area contributed by atoms with Crippen LogP contribution in [0.4, 0.5) is 0 Å². The van der Waals surface area contributed by atoms with Crippen LogP contribution in [0.1, 0.15) is 0 Å². The Hall–Kier alpha value is -5.04. The summed E-state index contributed by atoms with van der Waals surface area (Å²) in [7, 11) is -1.56. The van der Waals surface area contributed by atoms with Gasteiger partial charge in [0, 0.05) is 33.2 Å². The van der Waals surface area contributed by atoms with E-state index in [1.807, 2.05) is 84.9 Å². The number of para-hydroxylation sites is 1. The molecule has 0 aliphatic rings. The lowest BCUT2D eigenvalue weighted by Gasteiger charge is -2.11. The smallest absolute Gasteiger partial charge is 0.423 e. The number of hydrogen-bond donors (Lipinski definition) is 2. The lowest BCUT2D eigenvalue weighted by Crippen LogP contribution is -2.30. The van der Waals surface area contributed by atoms with Crippen molar-refractivity contribution in [3.63, 3.8) is 0 Å². The van der Waals surface area contributed by atoms with E-state index in [0.717, 1.165) is 55.6 Å². The van der Waals surface area contributed by atoms with Gasteiger partial charge in [0.2, 0.25) is 0 Å². The van der Waals surface area contributed by atoms with Crippen molar-refractivity contribution < 1.29 is 10.0 Å². The number of benzene rings is 5. The molecule has 7 aromatic rings. The Morgan fingerprint density at radius 3 is 1.73 bits per heavy atom. The van der Waals surface area contributed by atoms with E-state index in [1.54, 1.807) is 6.07 Å². The highest BCUT2D eigenvalue weighted by Crippen LogP contribution is 2.32. The molecule has 0 atom stereocenters. The van der Waals surface area contributed by atoms with Gasteiger partial charge in [-0.05, 0) is 47.9 Å². The van der Waals surface area contributed by atoms with Crippen LogP contribution >= 0.6 is 0 Å². The SMILES string of the molecule is OB(O)c1cccc2c1c1ccccc1n2-c1ccc(-c2nc(-c3ccccc3)cc(-c3ccccc3)n2)cc1. The monoisotopic (exact) mass is 517 g/mol. The molecule has 0 saturated carbocycles. The molecule has 2 heterocycles. The zero-order valence-electron chi connectivity index (χ0n) is 21.5. The van der Waals surface area contributed by atoms with Gasteiger partial charge >= 0.3 is 7.12 Å². The second-order valence-electron chi connectivity index (χ2n) is 9.71. The maximum absolute atomic E-state index is 10.1. The van der Waals surface area contributed by atoms with Gasteiger partial charge < -0.3 is 14.6 Å². The number of fused-ring (bicyclic) bond motifs is 3. The number of hydrogen-bond acceptors (Lipinski definition) is 4. The van der Waals surface area contributed by atoms with Crippen LogP contribution in [0.25, 0.3) is 61.4 Å². The van der Waals surface area contributed by atoms with Crippen LogP contribution in [0.5, 0.6) is 0 Å². The zero-order chi connectivity index (χ0) is 27.1. The first-order valence-electron chi connectivity index (χ1n) is 13.2. The van der Waals surface area contributed by atoms with Crippen LogP contribution in [0.2, 0.25) is 0 Å². The summed E-state index contributed by atoms with van der Waals surface area (Å²) in [6.45, 7) is 0. The van der Waals surface area contributed by atoms with Crippen molar-refractivity contribution in [2.45, 2.75) is 0 Å². The molecule has 0 unspecified atom stereocenters. The van der Waals surface area contributed by atoms with Crippen molar-refractivity contribution in [2.24, 2.45) is 0 Å². The Kier molecular flexibility index (Phi) is 5.97. The molecule has 2 aromatic heterocycles. The molecule has 5 aromatic carbocycles. The van der Waals surface area contributed by atoms with E-state index >= 15 is 0 Å². The highest BCUT2D eigenvalue weighted by Gasteiger charge is 2.21. The summed E-state index contributed by atoms with van der Waals surface area (Å²) in [5.41, 5.74) is 8.06. The normalized spacial score (nSPS) is 11.2. The van der Waals surface area contributed by atoms with Gasteiger partial charge in [-0.2, -0.15) is 0 Å². The van der Waals surface area contributed by atoms with Crippen molar-refractivity contribution in [2.75, 3.05) is 0 Å². The molecule has 0 radical (unpaired) electrons. The van der Waals surface area contributed by atoms with E-state index in [-0.39, 0.29) is 0 Å². The fourth-order valence-corrected chi connectivity index (χ4v) is 5.39. The van der Waals surface area contributed by atoms with Gasteiger partial charge in [0.15, 0.2) is 5.82 Å². The van der Waals surface area contributed by atoms with E-state index in [0.29, 0.717) is 11.3 Å². The quantitative estimate of drug-likeness (QED) is 0.265. The third kappa shape index (κ3) is 4.16. The summed E-state index contributed by atoms with van der Waals surface area (Å²) in [6, 6.07) is 44.2. The predicted molar refractivity (Wildman–Crippen MR) is 163 cm³/mol. The molecule has 0 fully saturated rings. The van der Waals surface area contributed by atoms with Crippen molar-refractivity contribution in [1.82, 2.24) is 14.5 Å². The molecule has 0 aliphatic carbocycles. The number of aromatic nitrogens is 3. The highest BCUT2D eigenvalue weighted by atomic mass is 16.4. The second kappa shape index (κ2) is 9.93. The molecule has 0 bridgehead atoms. The van der Waals surface area contributed by atoms with E-state index in [9.17, 15) is 10.0 Å². The van der Waals surface area contributed by atoms with Crippen LogP contribution in [-0.2, 0) is 0 Å². The fraction of sp³-hybridized carbons (Fsp3) is 0. The highest BCUT2D eigenvalue weighted by molar-refractivity contribution is 6.63. The van der Waals surface area contributed by atoms with Crippen molar-refractivity contribution in [1.29, 1.82) is 0 Å². The maximum atomic E-state index is 10.1. The topological polar surface area (TPSA) is 71.2 Å². The summed E-state index contributed by atoms with van der Waals surface area (Å²) in [5, 5.41) is 21.9. The number of nitrogens with zero attached hydrogens (tertiary/aromatic N) is 3.